The van der Waals surface area contributed by atoms with E-state index < -0.39 is 16.1 Å². The molecular formula is C23H29Cl2N3O4S. The third-order valence-electron chi connectivity index (χ3n) is 5.17. The number of nitrogens with zero attached hydrogens (tertiary/aromatic N) is 2. The number of sulfonamides is 1. The lowest BCUT2D eigenvalue weighted by Gasteiger charge is -2.29. The zero-order valence-corrected chi connectivity index (χ0v) is 21.3. The number of likely N-dealkylation sites (N-methyl/N-ethyl adjacent to an activating group) is 1. The number of amides is 2. The SMILES string of the molecule is CCNC(=O)C(C)N(Cc1ccc(Cl)c(Cl)c1)C(=O)CCCN(C)S(=O)(=O)c1ccccc1. The maximum absolute atomic E-state index is 13.1. The second-order valence-corrected chi connectivity index (χ2v) is 10.4. The molecule has 0 spiro atoms. The number of rotatable bonds is 11. The number of hydrogen-bond acceptors (Lipinski definition) is 4. The van der Waals surface area contributed by atoms with Crippen LogP contribution in [-0.2, 0) is 26.2 Å². The summed E-state index contributed by atoms with van der Waals surface area (Å²) < 4.78 is 26.6. The lowest BCUT2D eigenvalue weighted by molar-refractivity contribution is -0.140. The molecule has 0 heterocycles. The highest BCUT2D eigenvalue weighted by Crippen LogP contribution is 2.24. The second kappa shape index (κ2) is 12.4. The molecule has 2 aromatic carbocycles. The number of nitrogens with one attached hydrogen (secondary N) is 1. The number of halogens is 2. The van der Waals surface area contributed by atoms with Crippen molar-refractivity contribution in [3.8, 4) is 0 Å². The van der Waals surface area contributed by atoms with Crippen molar-refractivity contribution in [1.82, 2.24) is 14.5 Å². The summed E-state index contributed by atoms with van der Waals surface area (Å²) in [5.74, 6) is -0.528. The van der Waals surface area contributed by atoms with Crippen molar-refractivity contribution >= 4 is 45.0 Å². The van der Waals surface area contributed by atoms with Gasteiger partial charge in [-0.25, -0.2) is 12.7 Å². The van der Waals surface area contributed by atoms with Crippen molar-refractivity contribution in [1.29, 1.82) is 0 Å². The van der Waals surface area contributed by atoms with Crippen molar-refractivity contribution in [2.75, 3.05) is 20.1 Å². The summed E-state index contributed by atoms with van der Waals surface area (Å²) in [6, 6.07) is 12.5. The molecule has 2 amide bonds. The molecule has 33 heavy (non-hydrogen) atoms. The summed E-state index contributed by atoms with van der Waals surface area (Å²) in [6.45, 7) is 4.25. The average molecular weight is 514 g/mol. The van der Waals surface area contributed by atoms with Crippen molar-refractivity contribution in [2.24, 2.45) is 0 Å². The summed E-state index contributed by atoms with van der Waals surface area (Å²) in [5.41, 5.74) is 0.734. The zero-order valence-electron chi connectivity index (χ0n) is 18.9. The van der Waals surface area contributed by atoms with Gasteiger partial charge in [-0.1, -0.05) is 47.5 Å². The number of hydrogen-bond donors (Lipinski definition) is 1. The van der Waals surface area contributed by atoms with Gasteiger partial charge in [0.05, 0.1) is 14.9 Å². The highest BCUT2D eigenvalue weighted by Gasteiger charge is 2.26. The van der Waals surface area contributed by atoms with Gasteiger partial charge in [-0.3, -0.25) is 9.59 Å². The van der Waals surface area contributed by atoms with Crippen LogP contribution in [0.2, 0.25) is 10.0 Å². The molecule has 0 aliphatic carbocycles. The van der Waals surface area contributed by atoms with Crippen LogP contribution in [0.25, 0.3) is 0 Å². The van der Waals surface area contributed by atoms with E-state index in [1.807, 2.05) is 0 Å². The lowest BCUT2D eigenvalue weighted by Crippen LogP contribution is -2.47. The number of benzene rings is 2. The molecule has 0 aliphatic rings. The first-order valence-electron chi connectivity index (χ1n) is 10.6. The van der Waals surface area contributed by atoms with Crippen molar-refractivity contribution in [3.63, 3.8) is 0 Å². The molecule has 0 aromatic heterocycles. The van der Waals surface area contributed by atoms with Crippen LogP contribution >= 0.6 is 23.2 Å². The molecule has 2 aromatic rings. The van der Waals surface area contributed by atoms with E-state index >= 15 is 0 Å². The number of carbonyl (C=O) groups is 2. The van der Waals surface area contributed by atoms with Gasteiger partial charge in [0.2, 0.25) is 21.8 Å². The van der Waals surface area contributed by atoms with Crippen LogP contribution in [0, 0.1) is 0 Å². The van der Waals surface area contributed by atoms with Crippen LogP contribution in [0.15, 0.2) is 53.4 Å². The molecule has 0 bridgehead atoms. The minimum Gasteiger partial charge on any atom is -0.355 e. The molecule has 1 unspecified atom stereocenters. The smallest absolute Gasteiger partial charge is 0.242 e. The van der Waals surface area contributed by atoms with Gasteiger partial charge >= 0.3 is 0 Å². The maximum Gasteiger partial charge on any atom is 0.242 e. The Morgan fingerprint density at radius 1 is 1.06 bits per heavy atom. The van der Waals surface area contributed by atoms with Gasteiger partial charge in [0.25, 0.3) is 0 Å². The minimum atomic E-state index is -3.63. The summed E-state index contributed by atoms with van der Waals surface area (Å²) in [7, 11) is -2.15. The van der Waals surface area contributed by atoms with E-state index in [0.29, 0.717) is 23.0 Å². The Morgan fingerprint density at radius 2 is 1.73 bits per heavy atom. The van der Waals surface area contributed by atoms with Crippen LogP contribution in [0.3, 0.4) is 0 Å². The monoisotopic (exact) mass is 513 g/mol. The fourth-order valence-electron chi connectivity index (χ4n) is 3.23. The molecular weight excluding hydrogens is 485 g/mol. The fourth-order valence-corrected chi connectivity index (χ4v) is 4.78. The Bertz CT molecular complexity index is 1060. The van der Waals surface area contributed by atoms with E-state index in [9.17, 15) is 18.0 Å². The molecule has 0 saturated heterocycles. The first-order chi connectivity index (χ1) is 15.6. The first kappa shape index (κ1) is 27.1. The van der Waals surface area contributed by atoms with Gasteiger partial charge in [-0.05, 0) is 50.1 Å². The maximum atomic E-state index is 13.1. The van der Waals surface area contributed by atoms with Gasteiger partial charge in [0.1, 0.15) is 6.04 Å². The van der Waals surface area contributed by atoms with Crippen LogP contribution < -0.4 is 5.32 Å². The zero-order chi connectivity index (χ0) is 24.6. The van der Waals surface area contributed by atoms with Gasteiger partial charge in [-0.2, -0.15) is 0 Å². The van der Waals surface area contributed by atoms with E-state index in [1.54, 1.807) is 50.2 Å². The molecule has 1 atom stereocenters. The Balaban J connectivity index is 2.09. The molecule has 0 radical (unpaired) electrons. The third kappa shape index (κ3) is 7.43. The molecule has 2 rings (SSSR count). The summed E-state index contributed by atoms with van der Waals surface area (Å²) in [6.07, 6.45) is 0.390. The summed E-state index contributed by atoms with van der Waals surface area (Å²) in [5, 5.41) is 3.49. The van der Waals surface area contributed by atoms with E-state index in [-0.39, 0.29) is 36.2 Å². The van der Waals surface area contributed by atoms with E-state index in [1.165, 1.54) is 28.4 Å². The van der Waals surface area contributed by atoms with E-state index in [2.05, 4.69) is 5.32 Å². The van der Waals surface area contributed by atoms with Gasteiger partial charge in [0.15, 0.2) is 0 Å². The Labute approximate surface area is 205 Å². The number of carbonyl (C=O) groups excluding carboxylic acids is 2. The quantitative estimate of drug-likeness (QED) is 0.492. The summed E-state index contributed by atoms with van der Waals surface area (Å²) >= 11 is 12.1. The van der Waals surface area contributed by atoms with Crippen molar-refractivity contribution in [3.05, 3.63) is 64.1 Å². The Kier molecular flexibility index (Phi) is 10.2. The molecule has 10 heteroatoms. The van der Waals surface area contributed by atoms with Crippen molar-refractivity contribution in [2.45, 2.75) is 44.2 Å². The molecule has 7 nitrogen and oxygen atoms in total. The van der Waals surface area contributed by atoms with Crippen LogP contribution in [-0.4, -0.2) is 55.6 Å². The Hall–Kier alpha value is -2.13. The van der Waals surface area contributed by atoms with Gasteiger partial charge in [0, 0.05) is 33.1 Å². The van der Waals surface area contributed by atoms with E-state index in [4.69, 9.17) is 23.2 Å². The molecule has 0 aliphatic heterocycles. The van der Waals surface area contributed by atoms with Crippen molar-refractivity contribution < 1.29 is 18.0 Å². The minimum absolute atomic E-state index is 0.0831. The molecule has 0 fully saturated rings. The first-order valence-corrected chi connectivity index (χ1v) is 12.8. The Morgan fingerprint density at radius 3 is 2.33 bits per heavy atom. The standard InChI is InChI=1S/C23H29Cl2N3O4S/c1-4-26-23(30)17(2)28(16-18-12-13-20(24)21(25)15-18)22(29)11-8-14-27(3)33(31,32)19-9-6-5-7-10-19/h5-7,9-10,12-13,15,17H,4,8,11,14,16H2,1-3H3,(H,26,30). The van der Waals surface area contributed by atoms with Crippen LogP contribution in [0.1, 0.15) is 32.3 Å². The lowest BCUT2D eigenvalue weighted by atomic mass is 10.1. The predicted molar refractivity (Wildman–Crippen MR) is 131 cm³/mol. The molecule has 180 valence electrons. The highest BCUT2D eigenvalue weighted by atomic mass is 35.5. The van der Waals surface area contributed by atoms with Crippen LogP contribution in [0.5, 0.6) is 0 Å². The van der Waals surface area contributed by atoms with Crippen LogP contribution in [0.4, 0.5) is 0 Å². The third-order valence-corrected chi connectivity index (χ3v) is 7.78. The van der Waals surface area contributed by atoms with E-state index in [0.717, 1.165) is 5.56 Å². The summed E-state index contributed by atoms with van der Waals surface area (Å²) in [4.78, 5) is 27.2. The predicted octanol–water partition coefficient (Wildman–Crippen LogP) is 3.95. The second-order valence-electron chi connectivity index (χ2n) is 7.58. The largest absolute Gasteiger partial charge is 0.355 e. The highest BCUT2D eigenvalue weighted by molar-refractivity contribution is 7.89. The molecule has 0 saturated carbocycles. The fraction of sp³-hybridized carbons (Fsp3) is 0.391. The van der Waals surface area contributed by atoms with Gasteiger partial charge < -0.3 is 10.2 Å². The van der Waals surface area contributed by atoms with Gasteiger partial charge in [-0.15, -0.1) is 0 Å². The average Bonchev–Trinajstić information content (AvgIpc) is 2.79. The normalized spacial score (nSPS) is 12.4. The molecule has 1 N–H and O–H groups in total. The topological polar surface area (TPSA) is 86.8 Å².